The lowest BCUT2D eigenvalue weighted by atomic mass is 10.0. The molecule has 0 N–H and O–H groups in total. The molecule has 0 saturated carbocycles. The Labute approximate surface area is 505 Å². The predicted octanol–water partition coefficient (Wildman–Crippen LogP) is 24.9. The van der Waals surface area contributed by atoms with E-state index in [1.165, 1.54) is 270 Å². The van der Waals surface area contributed by atoms with Crippen LogP contribution in [0.2, 0.25) is 0 Å². The summed E-state index contributed by atoms with van der Waals surface area (Å²) in [5, 5.41) is 0. The van der Waals surface area contributed by atoms with Crippen LogP contribution in [-0.2, 0) is 28.6 Å². The molecule has 1 atom stereocenters. The number of carbonyl (C=O) groups excluding carboxylic acids is 3. The fourth-order valence-corrected chi connectivity index (χ4v) is 11.0. The predicted molar refractivity (Wildman–Crippen MR) is 353 cm³/mol. The Kier molecular flexibility index (Phi) is 67.6. The average molecular weight is 1140 g/mol. The molecule has 0 amide bonds. The van der Waals surface area contributed by atoms with Gasteiger partial charge in [-0.2, -0.15) is 0 Å². The van der Waals surface area contributed by atoms with Gasteiger partial charge in [0.2, 0.25) is 0 Å². The van der Waals surface area contributed by atoms with Gasteiger partial charge in [0.15, 0.2) is 6.10 Å². The van der Waals surface area contributed by atoms with Crippen molar-refractivity contribution in [3.05, 3.63) is 48.6 Å². The minimum absolute atomic E-state index is 0.0693. The van der Waals surface area contributed by atoms with Crippen molar-refractivity contribution in [2.75, 3.05) is 13.2 Å². The largest absolute Gasteiger partial charge is 0.462 e. The normalized spacial score (nSPS) is 12.3. The summed E-state index contributed by atoms with van der Waals surface area (Å²) in [6.45, 7) is 6.58. The van der Waals surface area contributed by atoms with Crippen molar-refractivity contribution in [2.24, 2.45) is 0 Å². The second-order valence-electron chi connectivity index (χ2n) is 24.5. The summed E-state index contributed by atoms with van der Waals surface area (Å²) in [5.74, 6) is -0.849. The molecule has 0 bridgehead atoms. The Morgan fingerprint density at radius 1 is 0.259 bits per heavy atom. The minimum Gasteiger partial charge on any atom is -0.462 e. The van der Waals surface area contributed by atoms with Crippen LogP contribution in [0.1, 0.15) is 393 Å². The van der Waals surface area contributed by atoms with Gasteiger partial charge in [0.25, 0.3) is 0 Å². The fraction of sp³-hybridized carbons (Fsp3) is 0.853. The molecule has 0 aromatic carbocycles. The lowest BCUT2D eigenvalue weighted by molar-refractivity contribution is -0.167. The van der Waals surface area contributed by atoms with Crippen LogP contribution < -0.4 is 0 Å². The van der Waals surface area contributed by atoms with Gasteiger partial charge in [-0.05, 0) is 57.8 Å². The number of allylic oxidation sites excluding steroid dienone is 8. The van der Waals surface area contributed by atoms with Gasteiger partial charge < -0.3 is 14.2 Å². The van der Waals surface area contributed by atoms with Gasteiger partial charge in [-0.3, -0.25) is 14.4 Å². The first kappa shape index (κ1) is 78.4. The molecule has 0 aromatic heterocycles. The van der Waals surface area contributed by atoms with Crippen molar-refractivity contribution in [2.45, 2.75) is 399 Å². The molecule has 0 radical (unpaired) electrons. The van der Waals surface area contributed by atoms with Crippen LogP contribution in [0.25, 0.3) is 0 Å². The summed E-state index contributed by atoms with van der Waals surface area (Å²) in [5.41, 5.74) is 0. The van der Waals surface area contributed by atoms with Crippen molar-refractivity contribution in [1.82, 2.24) is 0 Å². The third-order valence-electron chi connectivity index (χ3n) is 16.3. The summed E-state index contributed by atoms with van der Waals surface area (Å²) >= 11 is 0. The second kappa shape index (κ2) is 69.9. The quantitative estimate of drug-likeness (QED) is 0.0261. The van der Waals surface area contributed by atoms with E-state index in [0.717, 1.165) is 83.5 Å². The summed E-state index contributed by atoms with van der Waals surface area (Å²) < 4.78 is 17.0. The van der Waals surface area contributed by atoms with Gasteiger partial charge in [0.05, 0.1) is 0 Å². The Morgan fingerprint density at radius 3 is 0.753 bits per heavy atom. The first-order valence-electron chi connectivity index (χ1n) is 36.1. The Morgan fingerprint density at radius 2 is 0.481 bits per heavy atom. The first-order valence-corrected chi connectivity index (χ1v) is 36.1. The van der Waals surface area contributed by atoms with E-state index in [1.54, 1.807) is 0 Å². The highest BCUT2D eigenvalue weighted by Crippen LogP contribution is 2.19. The van der Waals surface area contributed by atoms with Crippen molar-refractivity contribution in [3.8, 4) is 0 Å². The molecular formula is C75H138O6. The summed E-state index contributed by atoms with van der Waals surface area (Å²) in [7, 11) is 0. The molecular weight excluding hydrogens is 997 g/mol. The molecule has 1 unspecified atom stereocenters. The topological polar surface area (TPSA) is 78.9 Å². The van der Waals surface area contributed by atoms with E-state index in [-0.39, 0.29) is 31.1 Å². The van der Waals surface area contributed by atoms with E-state index in [1.807, 2.05) is 0 Å². The number of ether oxygens (including phenoxy) is 3. The van der Waals surface area contributed by atoms with Gasteiger partial charge >= 0.3 is 17.9 Å². The molecule has 0 aromatic rings. The number of unbranched alkanes of at least 4 members (excludes halogenated alkanes) is 48. The number of hydrogen-bond donors (Lipinski definition) is 0. The van der Waals surface area contributed by atoms with Crippen molar-refractivity contribution in [1.29, 1.82) is 0 Å². The molecule has 0 aliphatic heterocycles. The number of carbonyl (C=O) groups is 3. The second-order valence-corrected chi connectivity index (χ2v) is 24.5. The lowest BCUT2D eigenvalue weighted by Gasteiger charge is -2.18. The highest BCUT2D eigenvalue weighted by molar-refractivity contribution is 5.71. The van der Waals surface area contributed by atoms with E-state index < -0.39 is 6.10 Å². The molecule has 0 rings (SSSR count). The maximum atomic E-state index is 12.9. The Hall–Kier alpha value is -2.63. The van der Waals surface area contributed by atoms with E-state index in [2.05, 4.69) is 69.4 Å². The fourth-order valence-electron chi connectivity index (χ4n) is 11.0. The summed E-state index contributed by atoms with van der Waals surface area (Å²) in [6.07, 6.45) is 88.8. The van der Waals surface area contributed by atoms with E-state index >= 15 is 0 Å². The maximum Gasteiger partial charge on any atom is 0.306 e. The standard InChI is InChI=1S/C75H138O6/c1-4-7-10-13-16-19-22-24-26-28-30-32-34-35-36-37-38-39-40-42-43-45-47-49-51-53-56-59-62-65-68-74(77)80-71-72(70-79-73(76)67-64-61-58-55-21-18-15-12-9-6-3)81-75(78)69-66-63-60-57-54-52-50-48-46-44-41-33-31-29-27-25-23-20-17-14-11-8-5-2/h8,11,17,20,25,27,31,33,72H,4-7,9-10,12-16,18-19,21-24,26,28-30,32,34-71H2,1-3H3/b11-8-,20-17-,27-25-,33-31-. The summed E-state index contributed by atoms with van der Waals surface area (Å²) in [6, 6.07) is 0. The van der Waals surface area contributed by atoms with Gasteiger partial charge in [0, 0.05) is 19.3 Å². The smallest absolute Gasteiger partial charge is 0.306 e. The highest BCUT2D eigenvalue weighted by atomic mass is 16.6. The van der Waals surface area contributed by atoms with Crippen molar-refractivity contribution in [3.63, 3.8) is 0 Å². The number of esters is 3. The van der Waals surface area contributed by atoms with Gasteiger partial charge in [-0.25, -0.2) is 0 Å². The number of rotatable bonds is 67. The van der Waals surface area contributed by atoms with Crippen LogP contribution in [0.4, 0.5) is 0 Å². The number of hydrogen-bond acceptors (Lipinski definition) is 6. The zero-order valence-electron chi connectivity index (χ0n) is 54.6. The van der Waals surface area contributed by atoms with Crippen LogP contribution in [0.3, 0.4) is 0 Å². The summed E-state index contributed by atoms with van der Waals surface area (Å²) in [4.78, 5) is 38.3. The van der Waals surface area contributed by atoms with E-state index in [9.17, 15) is 14.4 Å². The Balaban J connectivity index is 4.11. The zero-order valence-corrected chi connectivity index (χ0v) is 54.6. The molecule has 0 saturated heterocycles. The molecule has 81 heavy (non-hydrogen) atoms. The monoisotopic (exact) mass is 1140 g/mol. The first-order chi connectivity index (χ1) is 40.0. The maximum absolute atomic E-state index is 12.9. The highest BCUT2D eigenvalue weighted by Gasteiger charge is 2.19. The lowest BCUT2D eigenvalue weighted by Crippen LogP contribution is -2.30. The third-order valence-corrected chi connectivity index (χ3v) is 16.3. The average Bonchev–Trinajstić information content (AvgIpc) is 3.47. The van der Waals surface area contributed by atoms with Crippen molar-refractivity contribution < 1.29 is 28.6 Å². The minimum atomic E-state index is -0.773. The van der Waals surface area contributed by atoms with E-state index in [0.29, 0.717) is 19.3 Å². The molecule has 0 aliphatic carbocycles. The van der Waals surface area contributed by atoms with Gasteiger partial charge in [-0.15, -0.1) is 0 Å². The molecule has 6 heteroatoms. The Bertz CT molecular complexity index is 1400. The van der Waals surface area contributed by atoms with Crippen LogP contribution in [0.5, 0.6) is 0 Å². The molecule has 0 spiro atoms. The van der Waals surface area contributed by atoms with Crippen LogP contribution in [0, 0.1) is 0 Å². The molecule has 474 valence electrons. The van der Waals surface area contributed by atoms with Crippen LogP contribution >= 0.6 is 0 Å². The SMILES string of the molecule is CC/C=C\C/C=C\C/C=C\C/C=C\CCCCCCCCCCCCC(=O)OC(COC(=O)CCCCCCCCCCCC)COC(=O)CCCCCCCCCCCCCCCCCCCCCCCCCCCCCCCC. The van der Waals surface area contributed by atoms with Gasteiger partial charge in [0.1, 0.15) is 13.2 Å². The van der Waals surface area contributed by atoms with Crippen molar-refractivity contribution >= 4 is 17.9 Å². The van der Waals surface area contributed by atoms with Crippen LogP contribution in [-0.4, -0.2) is 37.2 Å². The molecule has 0 heterocycles. The molecule has 0 fully saturated rings. The molecule has 6 nitrogen and oxygen atoms in total. The van der Waals surface area contributed by atoms with Gasteiger partial charge in [-0.1, -0.05) is 365 Å². The zero-order chi connectivity index (χ0) is 58.5. The van der Waals surface area contributed by atoms with Crippen LogP contribution in [0.15, 0.2) is 48.6 Å². The molecule has 0 aliphatic rings. The third kappa shape index (κ3) is 68.0. The van der Waals surface area contributed by atoms with E-state index in [4.69, 9.17) is 14.2 Å².